The van der Waals surface area contributed by atoms with Crippen LogP contribution in [0, 0.1) is 34.0 Å². The molecule has 214 valence electrons. The third-order valence-electron chi connectivity index (χ3n) is 8.41. The number of benzene rings is 1. The Morgan fingerprint density at radius 1 is 1.23 bits per heavy atom. The Balaban J connectivity index is 1.56. The summed E-state index contributed by atoms with van der Waals surface area (Å²) in [6.45, 7) is 8.97. The van der Waals surface area contributed by atoms with Gasteiger partial charge in [0.25, 0.3) is 0 Å². The Bertz CT molecular complexity index is 1320. The minimum atomic E-state index is -4.21. The third-order valence-corrected chi connectivity index (χ3v) is 8.59. The van der Waals surface area contributed by atoms with E-state index in [9.17, 15) is 33.2 Å². The van der Waals surface area contributed by atoms with Gasteiger partial charge in [-0.2, -0.15) is 14.0 Å². The molecule has 12 heteroatoms. The largest absolute Gasteiger partial charge is 0.399 e. The number of alkyl halides is 3. The fourth-order valence-corrected chi connectivity index (χ4v) is 6.18. The number of fused-ring (bicyclic) bond motifs is 2. The molecule has 1 aliphatic carbocycles. The number of nitriles is 1. The lowest BCUT2D eigenvalue weighted by molar-refractivity contribution is -0.148. The molecule has 40 heavy (non-hydrogen) atoms. The Kier molecular flexibility index (Phi) is 7.50. The number of allylic oxidation sites excluding steroid dienone is 1. The van der Waals surface area contributed by atoms with Crippen molar-refractivity contribution in [2.75, 3.05) is 11.9 Å². The van der Waals surface area contributed by atoms with Crippen LogP contribution in [-0.4, -0.2) is 58.6 Å². The molecule has 2 aliphatic heterocycles. The highest BCUT2D eigenvalue weighted by molar-refractivity contribution is 6.32. The molecule has 2 heterocycles. The van der Waals surface area contributed by atoms with Crippen molar-refractivity contribution in [1.29, 1.82) is 5.26 Å². The summed E-state index contributed by atoms with van der Waals surface area (Å²) in [4.78, 5) is 52.3. The summed E-state index contributed by atoms with van der Waals surface area (Å²) in [5, 5.41) is 13.5. The molecule has 1 saturated heterocycles. The first-order valence-corrected chi connectivity index (χ1v) is 13.4. The molecule has 3 aliphatic rings. The van der Waals surface area contributed by atoms with Crippen LogP contribution in [0.3, 0.4) is 0 Å². The lowest BCUT2D eigenvalue weighted by atomic mass is 9.85. The number of hydrogen-bond acceptors (Lipinski definition) is 6. The van der Waals surface area contributed by atoms with Gasteiger partial charge in [0.2, 0.25) is 11.8 Å². The molecule has 9 nitrogen and oxygen atoms in total. The number of amides is 3. The van der Waals surface area contributed by atoms with Crippen LogP contribution in [0.2, 0.25) is 0 Å². The van der Waals surface area contributed by atoms with E-state index in [0.717, 1.165) is 11.3 Å². The van der Waals surface area contributed by atoms with E-state index in [1.165, 1.54) is 4.90 Å². The summed E-state index contributed by atoms with van der Waals surface area (Å²) in [5.74, 6) is -1.89. The van der Waals surface area contributed by atoms with E-state index < -0.39 is 52.6 Å². The average Bonchev–Trinajstić information content (AvgIpc) is 3.21. The van der Waals surface area contributed by atoms with E-state index in [1.807, 2.05) is 31.9 Å². The molecule has 3 unspecified atom stereocenters. The van der Waals surface area contributed by atoms with Gasteiger partial charge < -0.3 is 20.9 Å². The van der Waals surface area contributed by atoms with E-state index in [4.69, 9.17) is 11.6 Å². The quantitative estimate of drug-likeness (QED) is 0.338. The summed E-state index contributed by atoms with van der Waals surface area (Å²) in [5.41, 5.74) is 0.551. The summed E-state index contributed by atoms with van der Waals surface area (Å²) < 4.78 is 27.0. The highest BCUT2D eigenvalue weighted by Crippen LogP contribution is 2.65. The molecule has 3 N–H and O–H groups in total. The Morgan fingerprint density at radius 3 is 2.45 bits per heavy atom. The fraction of sp³-hybridized carbons (Fsp3) is 0.571. The predicted molar refractivity (Wildman–Crippen MR) is 143 cm³/mol. The molecule has 0 bridgehead atoms. The van der Waals surface area contributed by atoms with Crippen LogP contribution in [0.15, 0.2) is 30.0 Å². The maximum absolute atomic E-state index is 13.7. The maximum Gasteiger partial charge on any atom is 0.399 e. The standard InChI is InChI=1S/C28H32ClF2N5O4/c1-26(2,3)22(35-25(40)28(29,30)31)24(39)36-12-17-20(27(17,4)5)21(36)23(38)33-14(11-32)10-16-15-8-6-7-9-18(15)34-19(16)13-37/h6-9,14,16-17,20-22,34H,10,12H2,1-5H3,(H,33,38)(H,35,40)/t14?,16?,17-,20-,21-,22?/m0/s1. The van der Waals surface area contributed by atoms with Crippen molar-refractivity contribution in [2.24, 2.45) is 22.7 Å². The van der Waals surface area contributed by atoms with Crippen LogP contribution in [0.5, 0.6) is 0 Å². The predicted octanol–water partition coefficient (Wildman–Crippen LogP) is 3.16. The zero-order chi connectivity index (χ0) is 29.8. The third kappa shape index (κ3) is 5.30. The molecule has 4 rings (SSSR count). The SMILES string of the molecule is CC(C)(C)C(NC(=O)C(F)(F)Cl)C(=O)N1C[C@H]2[C@@H]([C@H]1C(=O)NC(C#N)CC1C(=C=O)Nc3ccccc31)C2(C)C. The van der Waals surface area contributed by atoms with Crippen molar-refractivity contribution in [3.8, 4) is 6.07 Å². The Morgan fingerprint density at radius 2 is 1.88 bits per heavy atom. The van der Waals surface area contributed by atoms with Crippen molar-refractivity contribution in [3.05, 3.63) is 35.5 Å². The Labute approximate surface area is 236 Å². The number of carbonyl (C=O) groups is 3. The first kappa shape index (κ1) is 29.5. The number of anilines is 1. The molecule has 1 saturated carbocycles. The zero-order valence-electron chi connectivity index (χ0n) is 22.8. The lowest BCUT2D eigenvalue weighted by Crippen LogP contribution is -2.61. The molecular weight excluding hydrogens is 544 g/mol. The van der Waals surface area contributed by atoms with E-state index in [-0.39, 0.29) is 35.9 Å². The molecular formula is C28H32ClF2N5O4. The van der Waals surface area contributed by atoms with Crippen molar-refractivity contribution >= 4 is 41.0 Å². The van der Waals surface area contributed by atoms with Gasteiger partial charge in [0.1, 0.15) is 29.8 Å². The summed E-state index contributed by atoms with van der Waals surface area (Å²) >= 11 is 4.89. The smallest absolute Gasteiger partial charge is 0.349 e. The van der Waals surface area contributed by atoms with E-state index in [2.05, 4.69) is 22.0 Å². The summed E-state index contributed by atoms with van der Waals surface area (Å²) in [6, 6.07) is 5.97. The topological polar surface area (TPSA) is 131 Å². The lowest BCUT2D eigenvalue weighted by Gasteiger charge is -2.38. The van der Waals surface area contributed by atoms with Crippen LogP contribution in [-0.2, 0) is 19.2 Å². The van der Waals surface area contributed by atoms with Crippen molar-refractivity contribution in [2.45, 2.75) is 70.5 Å². The number of likely N-dealkylation sites (tertiary alicyclic amines) is 1. The highest BCUT2D eigenvalue weighted by Gasteiger charge is 2.70. The molecule has 3 amide bonds. The second-order valence-electron chi connectivity index (χ2n) is 12.4. The number of hydrogen-bond donors (Lipinski definition) is 3. The summed E-state index contributed by atoms with van der Waals surface area (Å²) in [7, 11) is 0. The van der Waals surface area contributed by atoms with Gasteiger partial charge in [-0.1, -0.05) is 52.8 Å². The van der Waals surface area contributed by atoms with E-state index in [1.54, 1.807) is 32.9 Å². The molecule has 0 radical (unpaired) electrons. The van der Waals surface area contributed by atoms with Gasteiger partial charge in [-0.3, -0.25) is 14.4 Å². The first-order valence-electron chi connectivity index (χ1n) is 13.0. The van der Waals surface area contributed by atoms with Gasteiger partial charge in [0.15, 0.2) is 0 Å². The van der Waals surface area contributed by atoms with Gasteiger partial charge in [-0.25, -0.2) is 4.79 Å². The van der Waals surface area contributed by atoms with E-state index >= 15 is 0 Å². The molecule has 2 fully saturated rings. The molecule has 0 aromatic heterocycles. The number of piperidine rings is 1. The van der Waals surface area contributed by atoms with Crippen LogP contribution in [0.1, 0.15) is 52.5 Å². The van der Waals surface area contributed by atoms with Crippen molar-refractivity contribution in [1.82, 2.24) is 15.5 Å². The van der Waals surface area contributed by atoms with Gasteiger partial charge in [-0.15, -0.1) is 0 Å². The van der Waals surface area contributed by atoms with Gasteiger partial charge in [-0.05, 0) is 52.3 Å². The average molecular weight is 576 g/mol. The van der Waals surface area contributed by atoms with E-state index in [0.29, 0.717) is 0 Å². The summed E-state index contributed by atoms with van der Waals surface area (Å²) in [6.07, 6.45) is 0.0977. The number of carbonyl (C=O) groups excluding carboxylic acids is 4. The molecule has 1 aromatic rings. The van der Waals surface area contributed by atoms with Gasteiger partial charge >= 0.3 is 11.3 Å². The number of rotatable bonds is 7. The fourth-order valence-electron chi connectivity index (χ4n) is 6.12. The zero-order valence-corrected chi connectivity index (χ0v) is 23.6. The van der Waals surface area contributed by atoms with Crippen molar-refractivity contribution < 1.29 is 28.0 Å². The number of nitrogens with one attached hydrogen (secondary N) is 3. The van der Waals surface area contributed by atoms with Crippen LogP contribution >= 0.6 is 11.6 Å². The number of para-hydroxylation sites is 1. The minimum absolute atomic E-state index is 0.0194. The van der Waals surface area contributed by atoms with Gasteiger partial charge in [0.05, 0.1) is 6.07 Å². The first-order chi connectivity index (χ1) is 18.5. The maximum atomic E-state index is 13.7. The normalized spacial score (nSPS) is 25.9. The second kappa shape index (κ2) is 10.2. The van der Waals surface area contributed by atoms with Crippen LogP contribution < -0.4 is 16.0 Å². The minimum Gasteiger partial charge on any atom is -0.349 e. The highest BCUT2D eigenvalue weighted by atomic mass is 35.5. The molecule has 6 atom stereocenters. The Hall–Kier alpha value is -3.48. The van der Waals surface area contributed by atoms with Crippen LogP contribution in [0.4, 0.5) is 14.5 Å². The van der Waals surface area contributed by atoms with Gasteiger partial charge in [0, 0.05) is 18.2 Å². The number of halogens is 3. The second-order valence-corrected chi connectivity index (χ2v) is 12.8. The van der Waals surface area contributed by atoms with Crippen molar-refractivity contribution in [3.63, 3.8) is 0 Å². The monoisotopic (exact) mass is 575 g/mol. The number of nitrogens with zero attached hydrogens (tertiary/aromatic N) is 2. The molecule has 0 spiro atoms. The molecule has 1 aromatic carbocycles. The van der Waals surface area contributed by atoms with Crippen LogP contribution in [0.25, 0.3) is 0 Å².